The molecule has 0 bridgehead atoms. The first-order valence-electron chi connectivity index (χ1n) is 7.56. The van der Waals surface area contributed by atoms with Crippen LogP contribution in [0.3, 0.4) is 0 Å². The van der Waals surface area contributed by atoms with Crippen molar-refractivity contribution in [2.75, 3.05) is 25.1 Å². The van der Waals surface area contributed by atoms with E-state index in [-0.39, 0.29) is 5.54 Å². The number of rotatable bonds is 4. The summed E-state index contributed by atoms with van der Waals surface area (Å²) >= 11 is 8.03. The van der Waals surface area contributed by atoms with E-state index in [1.165, 1.54) is 11.3 Å². The molecule has 1 aromatic carbocycles. The summed E-state index contributed by atoms with van der Waals surface area (Å²) in [6.07, 6.45) is 1.15. The number of hydrogen-bond acceptors (Lipinski definition) is 3. The van der Waals surface area contributed by atoms with Gasteiger partial charge in [0, 0.05) is 28.9 Å². The van der Waals surface area contributed by atoms with Gasteiger partial charge in [-0.2, -0.15) is 11.8 Å². The largest absolute Gasteiger partial charge is 0.329 e. The van der Waals surface area contributed by atoms with E-state index in [0.717, 1.165) is 17.2 Å². The Hall–Kier alpha value is -0.220. The number of thioether (sulfide) groups is 1. The van der Waals surface area contributed by atoms with Crippen LogP contribution in [0.25, 0.3) is 0 Å². The number of halogens is 1. The van der Waals surface area contributed by atoms with Gasteiger partial charge in [-0.15, -0.1) is 0 Å². The summed E-state index contributed by atoms with van der Waals surface area (Å²) in [5.74, 6) is 2.33. The summed E-state index contributed by atoms with van der Waals surface area (Å²) in [5, 5.41) is 0.788. The maximum absolute atomic E-state index is 6.22. The van der Waals surface area contributed by atoms with Crippen molar-refractivity contribution < 1.29 is 0 Å². The van der Waals surface area contributed by atoms with Crippen molar-refractivity contribution in [3.63, 3.8) is 0 Å². The second-order valence-corrected chi connectivity index (χ2v) is 8.52. The maximum atomic E-state index is 6.22. The van der Waals surface area contributed by atoms with Crippen LogP contribution in [0.2, 0.25) is 5.02 Å². The van der Waals surface area contributed by atoms with Crippen molar-refractivity contribution in [1.29, 1.82) is 0 Å². The fourth-order valence-electron chi connectivity index (χ4n) is 3.39. The molecule has 2 N–H and O–H groups in total. The lowest BCUT2D eigenvalue weighted by molar-refractivity contribution is 0.0607. The molecule has 2 atom stereocenters. The summed E-state index contributed by atoms with van der Waals surface area (Å²) in [6.45, 7) is 7.67. The number of nitrogens with zero attached hydrogens (tertiary/aromatic N) is 1. The molecule has 2 unspecified atom stereocenters. The Morgan fingerprint density at radius 2 is 1.90 bits per heavy atom. The lowest BCUT2D eigenvalue weighted by atomic mass is 9.78. The highest BCUT2D eigenvalue weighted by molar-refractivity contribution is 7.99. The minimum atomic E-state index is 0.0749. The summed E-state index contributed by atoms with van der Waals surface area (Å²) < 4.78 is 0. The van der Waals surface area contributed by atoms with Crippen LogP contribution in [0.15, 0.2) is 24.3 Å². The molecule has 1 aliphatic rings. The molecule has 1 saturated heterocycles. The zero-order valence-electron chi connectivity index (χ0n) is 13.5. The highest BCUT2D eigenvalue weighted by Gasteiger charge is 2.43. The molecule has 118 valence electrons. The van der Waals surface area contributed by atoms with Crippen LogP contribution < -0.4 is 5.73 Å². The molecule has 4 heteroatoms. The minimum Gasteiger partial charge on any atom is -0.329 e. The van der Waals surface area contributed by atoms with Gasteiger partial charge in [-0.25, -0.2) is 0 Å². The first-order valence-corrected chi connectivity index (χ1v) is 9.09. The van der Waals surface area contributed by atoms with Gasteiger partial charge in [-0.05, 0) is 49.3 Å². The number of hydrogen-bond donors (Lipinski definition) is 1. The Balaban J connectivity index is 2.23. The summed E-state index contributed by atoms with van der Waals surface area (Å²) in [4.78, 5) is 2.48. The molecule has 2 nitrogen and oxygen atoms in total. The molecule has 1 fully saturated rings. The smallest absolute Gasteiger partial charge is 0.0430 e. The van der Waals surface area contributed by atoms with Crippen molar-refractivity contribution in [2.45, 2.75) is 38.8 Å². The van der Waals surface area contributed by atoms with E-state index in [2.05, 4.69) is 44.9 Å². The van der Waals surface area contributed by atoms with Gasteiger partial charge >= 0.3 is 0 Å². The van der Waals surface area contributed by atoms with Crippen molar-refractivity contribution in [3.8, 4) is 0 Å². The first-order chi connectivity index (χ1) is 9.80. The topological polar surface area (TPSA) is 29.3 Å². The Morgan fingerprint density at radius 3 is 2.43 bits per heavy atom. The van der Waals surface area contributed by atoms with E-state index in [9.17, 15) is 0 Å². The van der Waals surface area contributed by atoms with Crippen molar-refractivity contribution in [2.24, 2.45) is 11.1 Å². The third-order valence-electron chi connectivity index (χ3n) is 4.73. The Labute approximate surface area is 138 Å². The average Bonchev–Trinajstić information content (AvgIpc) is 2.45. The predicted molar refractivity (Wildman–Crippen MR) is 95.1 cm³/mol. The van der Waals surface area contributed by atoms with Crippen molar-refractivity contribution in [3.05, 3.63) is 34.9 Å². The molecular formula is C17H27ClN2S. The molecule has 1 aliphatic heterocycles. The maximum Gasteiger partial charge on any atom is 0.0430 e. The third-order valence-corrected chi connectivity index (χ3v) is 6.71. The van der Waals surface area contributed by atoms with E-state index in [4.69, 9.17) is 17.3 Å². The van der Waals surface area contributed by atoms with Gasteiger partial charge in [0.05, 0.1) is 0 Å². The van der Waals surface area contributed by atoms with E-state index in [0.29, 0.717) is 18.0 Å². The summed E-state index contributed by atoms with van der Waals surface area (Å²) in [7, 11) is 2.22. The van der Waals surface area contributed by atoms with Crippen molar-refractivity contribution in [1.82, 2.24) is 4.90 Å². The van der Waals surface area contributed by atoms with Crippen LogP contribution in [-0.2, 0) is 0 Å². The van der Waals surface area contributed by atoms with Crippen LogP contribution >= 0.6 is 23.4 Å². The molecule has 0 amide bonds. The SMILES string of the molecule is CC(c1ccc(Cl)cc1)N(C)C1(CN)CSCC(C)(C)C1. The van der Waals surface area contributed by atoms with Gasteiger partial charge in [0.2, 0.25) is 0 Å². The fourth-order valence-corrected chi connectivity index (χ4v) is 5.07. The Kier molecular flexibility index (Phi) is 5.30. The fraction of sp³-hybridized carbons (Fsp3) is 0.647. The highest BCUT2D eigenvalue weighted by Crippen LogP contribution is 2.43. The molecule has 21 heavy (non-hydrogen) atoms. The lowest BCUT2D eigenvalue weighted by Gasteiger charge is -2.51. The van der Waals surface area contributed by atoms with Crippen LogP contribution in [0.1, 0.15) is 38.8 Å². The second-order valence-electron chi connectivity index (χ2n) is 7.10. The third kappa shape index (κ3) is 3.76. The normalized spacial score (nSPS) is 26.8. The van der Waals surface area contributed by atoms with Gasteiger partial charge in [-0.1, -0.05) is 37.6 Å². The van der Waals surface area contributed by atoms with Crippen molar-refractivity contribution >= 4 is 23.4 Å². The van der Waals surface area contributed by atoms with Crippen LogP contribution in [0.5, 0.6) is 0 Å². The lowest BCUT2D eigenvalue weighted by Crippen LogP contribution is -2.59. The number of benzene rings is 1. The quantitative estimate of drug-likeness (QED) is 0.899. The molecule has 1 heterocycles. The second kappa shape index (κ2) is 6.49. The van der Waals surface area contributed by atoms with Crippen LogP contribution in [0, 0.1) is 5.41 Å². The summed E-state index contributed by atoms with van der Waals surface area (Å²) in [5.41, 5.74) is 7.94. The molecular weight excluding hydrogens is 300 g/mol. The number of likely N-dealkylation sites (N-methyl/N-ethyl adjacent to an activating group) is 1. The molecule has 1 aromatic rings. The van der Waals surface area contributed by atoms with E-state index < -0.39 is 0 Å². The zero-order valence-corrected chi connectivity index (χ0v) is 15.1. The van der Waals surface area contributed by atoms with Gasteiger partial charge < -0.3 is 5.73 Å². The predicted octanol–water partition coefficient (Wildman–Crippen LogP) is 4.19. The molecule has 0 spiro atoms. The first kappa shape index (κ1) is 17.1. The van der Waals surface area contributed by atoms with Crippen LogP contribution in [-0.4, -0.2) is 35.5 Å². The van der Waals surface area contributed by atoms with E-state index in [1.807, 2.05) is 23.9 Å². The molecule has 2 rings (SSSR count). The van der Waals surface area contributed by atoms with E-state index >= 15 is 0 Å². The van der Waals surface area contributed by atoms with E-state index in [1.54, 1.807) is 0 Å². The van der Waals surface area contributed by atoms with Gasteiger partial charge in [0.25, 0.3) is 0 Å². The van der Waals surface area contributed by atoms with Gasteiger partial charge in [0.15, 0.2) is 0 Å². The Morgan fingerprint density at radius 1 is 1.29 bits per heavy atom. The highest BCUT2D eigenvalue weighted by atomic mass is 35.5. The molecule has 0 radical (unpaired) electrons. The molecule has 0 aromatic heterocycles. The minimum absolute atomic E-state index is 0.0749. The monoisotopic (exact) mass is 326 g/mol. The van der Waals surface area contributed by atoms with Gasteiger partial charge in [-0.3, -0.25) is 4.90 Å². The van der Waals surface area contributed by atoms with Gasteiger partial charge in [0.1, 0.15) is 0 Å². The summed E-state index contributed by atoms with van der Waals surface area (Å²) in [6, 6.07) is 8.51. The number of nitrogens with two attached hydrogens (primary N) is 1. The molecule has 0 aliphatic carbocycles. The zero-order chi connectivity index (χ0) is 15.7. The Bertz CT molecular complexity index is 474. The standard InChI is InChI=1S/C17H27ClN2S/c1-13(14-5-7-15(18)8-6-14)20(4)17(10-19)9-16(2,3)11-21-12-17/h5-8,13H,9-12,19H2,1-4H3. The average molecular weight is 327 g/mol. The molecule has 0 saturated carbocycles. The van der Waals surface area contributed by atoms with Crippen LogP contribution in [0.4, 0.5) is 0 Å².